The number of rotatable bonds is 6. The van der Waals surface area contributed by atoms with E-state index in [0.29, 0.717) is 18.7 Å². The van der Waals surface area contributed by atoms with Gasteiger partial charge in [-0.15, -0.1) is 0 Å². The first-order chi connectivity index (χ1) is 16.6. The highest BCUT2D eigenvalue weighted by molar-refractivity contribution is 6.06. The minimum atomic E-state index is -0.288. The molecule has 0 atom stereocenters. The van der Waals surface area contributed by atoms with Crippen molar-refractivity contribution in [3.8, 4) is 11.3 Å². The van der Waals surface area contributed by atoms with Crippen LogP contribution in [0.5, 0.6) is 0 Å². The van der Waals surface area contributed by atoms with Gasteiger partial charge in [-0.25, -0.2) is 0 Å². The van der Waals surface area contributed by atoms with Crippen LogP contribution in [0.2, 0.25) is 0 Å². The van der Waals surface area contributed by atoms with Crippen molar-refractivity contribution in [1.82, 2.24) is 19.7 Å². The van der Waals surface area contributed by atoms with E-state index in [1.165, 1.54) is 6.07 Å². The van der Waals surface area contributed by atoms with E-state index in [0.717, 1.165) is 33.3 Å². The van der Waals surface area contributed by atoms with Gasteiger partial charge in [0.2, 0.25) is 0 Å². The van der Waals surface area contributed by atoms with E-state index < -0.39 is 0 Å². The number of carbonyl (C=O) groups excluding carboxylic acids is 1. The molecular formula is C28H24N4O2. The lowest BCUT2D eigenvalue weighted by Gasteiger charge is -2.10. The minimum absolute atomic E-state index is 0.218. The van der Waals surface area contributed by atoms with Crippen molar-refractivity contribution in [2.45, 2.75) is 13.1 Å². The lowest BCUT2D eigenvalue weighted by Crippen LogP contribution is -2.26. The molecule has 168 valence electrons. The van der Waals surface area contributed by atoms with Gasteiger partial charge in [-0.05, 0) is 11.6 Å². The Hall–Kier alpha value is -4.45. The number of hydrogen-bond donors (Lipinski definition) is 1. The Morgan fingerprint density at radius 3 is 2.35 bits per heavy atom. The van der Waals surface area contributed by atoms with Gasteiger partial charge in [0.25, 0.3) is 11.5 Å². The summed E-state index contributed by atoms with van der Waals surface area (Å²) >= 11 is 0. The van der Waals surface area contributed by atoms with Gasteiger partial charge in [0.05, 0.1) is 23.3 Å². The Morgan fingerprint density at radius 1 is 0.912 bits per heavy atom. The maximum Gasteiger partial charge on any atom is 0.252 e. The summed E-state index contributed by atoms with van der Waals surface area (Å²) in [5.41, 5.74) is 4.74. The standard InChI is InChI=1S/C28H24N4O2/c1-31-25-15-9-8-14-23(25)24(16-26(31)33)28(34)29-17-22-19-32(18-20-10-4-2-5-11-20)30-27(22)21-12-6-3-7-13-21/h2-16,19H,17-18H2,1H3,(H,29,34). The van der Waals surface area contributed by atoms with Crippen LogP contribution in [-0.2, 0) is 20.1 Å². The zero-order chi connectivity index (χ0) is 23.5. The first-order valence-electron chi connectivity index (χ1n) is 11.1. The largest absolute Gasteiger partial charge is 0.348 e. The van der Waals surface area contributed by atoms with Crippen molar-refractivity contribution in [3.63, 3.8) is 0 Å². The van der Waals surface area contributed by atoms with Crippen molar-refractivity contribution >= 4 is 16.8 Å². The van der Waals surface area contributed by atoms with E-state index in [4.69, 9.17) is 5.10 Å². The number of benzene rings is 3. The van der Waals surface area contributed by atoms with Crippen LogP contribution >= 0.6 is 0 Å². The normalized spacial score (nSPS) is 11.0. The highest BCUT2D eigenvalue weighted by Gasteiger charge is 2.16. The van der Waals surface area contributed by atoms with Gasteiger partial charge in [-0.2, -0.15) is 5.10 Å². The molecule has 0 saturated heterocycles. The van der Waals surface area contributed by atoms with Crippen LogP contribution in [0.15, 0.2) is 102 Å². The van der Waals surface area contributed by atoms with Crippen LogP contribution in [0.3, 0.4) is 0 Å². The van der Waals surface area contributed by atoms with E-state index >= 15 is 0 Å². The molecule has 6 nitrogen and oxygen atoms in total. The molecule has 0 aliphatic rings. The van der Waals surface area contributed by atoms with Gasteiger partial charge < -0.3 is 9.88 Å². The average molecular weight is 449 g/mol. The third-order valence-corrected chi connectivity index (χ3v) is 5.91. The number of pyridine rings is 1. The molecule has 5 aromatic rings. The molecule has 0 bridgehead atoms. The van der Waals surface area contributed by atoms with Crippen molar-refractivity contribution in [1.29, 1.82) is 0 Å². The van der Waals surface area contributed by atoms with Crippen LogP contribution in [0, 0.1) is 0 Å². The quantitative estimate of drug-likeness (QED) is 0.419. The average Bonchev–Trinajstić information content (AvgIpc) is 3.28. The minimum Gasteiger partial charge on any atom is -0.348 e. The smallest absolute Gasteiger partial charge is 0.252 e. The molecule has 0 spiro atoms. The zero-order valence-corrected chi connectivity index (χ0v) is 18.8. The summed E-state index contributed by atoms with van der Waals surface area (Å²) in [6.07, 6.45) is 1.97. The van der Waals surface area contributed by atoms with Crippen LogP contribution < -0.4 is 10.9 Å². The number of amides is 1. The van der Waals surface area contributed by atoms with Crippen molar-refractivity contribution in [2.24, 2.45) is 7.05 Å². The lowest BCUT2D eigenvalue weighted by atomic mass is 10.1. The monoisotopic (exact) mass is 448 g/mol. The number of para-hydroxylation sites is 1. The first kappa shape index (κ1) is 21.4. The Balaban J connectivity index is 1.45. The molecule has 1 amide bonds. The lowest BCUT2D eigenvalue weighted by molar-refractivity contribution is 0.0952. The number of fused-ring (bicyclic) bond motifs is 1. The number of aromatic nitrogens is 3. The van der Waals surface area contributed by atoms with E-state index in [2.05, 4.69) is 17.4 Å². The fraction of sp³-hybridized carbons (Fsp3) is 0.107. The molecule has 34 heavy (non-hydrogen) atoms. The van der Waals surface area contributed by atoms with Gasteiger partial charge in [0, 0.05) is 42.4 Å². The molecule has 3 aromatic carbocycles. The summed E-state index contributed by atoms with van der Waals surface area (Å²) in [5, 5.41) is 8.56. The molecule has 0 saturated carbocycles. The number of hydrogen-bond acceptors (Lipinski definition) is 3. The summed E-state index contributed by atoms with van der Waals surface area (Å²) < 4.78 is 3.44. The molecule has 1 N–H and O–H groups in total. The second-order valence-corrected chi connectivity index (χ2v) is 8.21. The Labute approximate surface area is 197 Å². The van der Waals surface area contributed by atoms with Crippen LogP contribution in [0.1, 0.15) is 21.5 Å². The van der Waals surface area contributed by atoms with Crippen LogP contribution in [0.25, 0.3) is 22.2 Å². The predicted molar refractivity (Wildman–Crippen MR) is 134 cm³/mol. The second kappa shape index (κ2) is 9.19. The summed E-state index contributed by atoms with van der Waals surface area (Å²) in [6.45, 7) is 0.926. The van der Waals surface area contributed by atoms with E-state index in [-0.39, 0.29) is 11.5 Å². The number of carbonyl (C=O) groups is 1. The molecule has 0 radical (unpaired) electrons. The molecule has 2 heterocycles. The maximum atomic E-state index is 13.2. The summed E-state index contributed by atoms with van der Waals surface area (Å²) in [7, 11) is 1.71. The molecule has 0 unspecified atom stereocenters. The molecule has 6 heteroatoms. The fourth-order valence-electron chi connectivity index (χ4n) is 4.15. The van der Waals surface area contributed by atoms with E-state index in [9.17, 15) is 9.59 Å². The number of nitrogens with zero attached hydrogens (tertiary/aromatic N) is 3. The van der Waals surface area contributed by atoms with E-state index in [1.54, 1.807) is 11.6 Å². The highest BCUT2D eigenvalue weighted by atomic mass is 16.2. The van der Waals surface area contributed by atoms with Gasteiger partial charge in [0.15, 0.2) is 0 Å². The fourth-order valence-corrected chi connectivity index (χ4v) is 4.15. The van der Waals surface area contributed by atoms with Crippen LogP contribution in [-0.4, -0.2) is 20.3 Å². The number of aryl methyl sites for hydroxylation is 1. The number of nitrogens with one attached hydrogen (secondary N) is 1. The molecule has 0 aliphatic heterocycles. The maximum absolute atomic E-state index is 13.2. The second-order valence-electron chi connectivity index (χ2n) is 8.21. The van der Waals surface area contributed by atoms with Crippen molar-refractivity contribution in [3.05, 3.63) is 124 Å². The van der Waals surface area contributed by atoms with E-state index in [1.807, 2.05) is 83.7 Å². The van der Waals surface area contributed by atoms with Crippen molar-refractivity contribution in [2.75, 3.05) is 0 Å². The van der Waals surface area contributed by atoms with Gasteiger partial charge in [-0.1, -0.05) is 78.9 Å². The Morgan fingerprint density at radius 2 is 1.59 bits per heavy atom. The molecule has 2 aromatic heterocycles. The van der Waals surface area contributed by atoms with Gasteiger partial charge >= 0.3 is 0 Å². The third kappa shape index (κ3) is 4.26. The van der Waals surface area contributed by atoms with Crippen molar-refractivity contribution < 1.29 is 4.79 Å². The zero-order valence-electron chi connectivity index (χ0n) is 18.8. The summed E-state index contributed by atoms with van der Waals surface area (Å²) in [5.74, 6) is -0.288. The predicted octanol–water partition coefficient (Wildman–Crippen LogP) is 4.38. The molecule has 0 fully saturated rings. The van der Waals surface area contributed by atoms with Gasteiger partial charge in [0.1, 0.15) is 0 Å². The third-order valence-electron chi connectivity index (χ3n) is 5.91. The molecule has 5 rings (SSSR count). The molecule has 0 aliphatic carbocycles. The van der Waals surface area contributed by atoms with Gasteiger partial charge in [-0.3, -0.25) is 14.3 Å². The Bertz CT molecular complexity index is 1520. The summed E-state index contributed by atoms with van der Waals surface area (Å²) in [6, 6.07) is 28.9. The first-order valence-corrected chi connectivity index (χ1v) is 11.1. The summed E-state index contributed by atoms with van der Waals surface area (Å²) in [4.78, 5) is 25.6. The molecular weight excluding hydrogens is 424 g/mol. The van der Waals surface area contributed by atoms with Crippen LogP contribution in [0.4, 0.5) is 0 Å². The topological polar surface area (TPSA) is 68.9 Å². The highest BCUT2D eigenvalue weighted by Crippen LogP contribution is 2.23. The SMILES string of the molecule is Cn1c(=O)cc(C(=O)NCc2cn(Cc3ccccc3)nc2-c2ccccc2)c2ccccc21. The Kier molecular flexibility index (Phi) is 5.79.